The molecule has 3 aromatic rings. The SMILES string of the molecule is Cc1nn(-c2ccccc2)c2sc(C(=O)NCCC3CCCNC3)cc12. The van der Waals surface area contributed by atoms with Gasteiger partial charge in [0.15, 0.2) is 0 Å². The van der Waals surface area contributed by atoms with Crippen LogP contribution in [0.4, 0.5) is 0 Å². The Labute approximate surface area is 157 Å². The van der Waals surface area contributed by atoms with Gasteiger partial charge in [0.2, 0.25) is 0 Å². The lowest BCUT2D eigenvalue weighted by molar-refractivity contribution is 0.0955. The molecule has 3 heterocycles. The van der Waals surface area contributed by atoms with Crippen LogP contribution in [0.2, 0.25) is 0 Å². The Kier molecular flexibility index (Phi) is 5.04. The van der Waals surface area contributed by atoms with Crippen molar-refractivity contribution in [2.75, 3.05) is 19.6 Å². The molecule has 26 heavy (non-hydrogen) atoms. The van der Waals surface area contributed by atoms with Gasteiger partial charge >= 0.3 is 0 Å². The number of hydrogen-bond acceptors (Lipinski definition) is 4. The number of aryl methyl sites for hydroxylation is 1. The molecular formula is C20H24N4OS. The minimum Gasteiger partial charge on any atom is -0.351 e. The van der Waals surface area contributed by atoms with Crippen molar-refractivity contribution in [2.24, 2.45) is 5.92 Å². The number of hydrogen-bond donors (Lipinski definition) is 2. The van der Waals surface area contributed by atoms with Gasteiger partial charge in [0.25, 0.3) is 5.91 Å². The monoisotopic (exact) mass is 368 g/mol. The molecule has 2 aromatic heterocycles. The number of nitrogens with one attached hydrogen (secondary N) is 2. The molecular weight excluding hydrogens is 344 g/mol. The fourth-order valence-electron chi connectivity index (χ4n) is 3.55. The predicted octanol–water partition coefficient (Wildman–Crippen LogP) is 3.51. The van der Waals surface area contributed by atoms with Gasteiger partial charge in [-0.3, -0.25) is 4.79 Å². The second-order valence-corrected chi connectivity index (χ2v) is 7.95. The molecule has 1 unspecified atom stereocenters. The van der Waals surface area contributed by atoms with Crippen molar-refractivity contribution < 1.29 is 4.79 Å². The largest absolute Gasteiger partial charge is 0.351 e. The number of amides is 1. The first-order valence-electron chi connectivity index (χ1n) is 9.26. The third-order valence-electron chi connectivity index (χ3n) is 5.01. The Hall–Kier alpha value is -2.18. The van der Waals surface area contributed by atoms with Crippen LogP contribution in [0, 0.1) is 12.8 Å². The Morgan fingerprint density at radius 2 is 2.23 bits per heavy atom. The Morgan fingerprint density at radius 3 is 3.00 bits per heavy atom. The lowest BCUT2D eigenvalue weighted by Gasteiger charge is -2.22. The van der Waals surface area contributed by atoms with Gasteiger partial charge in [0, 0.05) is 11.9 Å². The summed E-state index contributed by atoms with van der Waals surface area (Å²) in [6.07, 6.45) is 3.54. The maximum absolute atomic E-state index is 12.6. The predicted molar refractivity (Wildman–Crippen MR) is 106 cm³/mol. The molecule has 0 bridgehead atoms. The first-order valence-corrected chi connectivity index (χ1v) is 10.1. The molecule has 1 atom stereocenters. The molecule has 1 amide bonds. The highest BCUT2D eigenvalue weighted by Gasteiger charge is 2.18. The standard InChI is InChI=1S/C20H24N4OS/c1-14-17-12-18(19(25)22-11-9-15-6-5-10-21-13-15)26-20(17)24(23-14)16-7-3-2-4-8-16/h2-4,7-8,12,15,21H,5-6,9-11,13H2,1H3,(H,22,25). The maximum atomic E-state index is 12.6. The molecule has 1 aliphatic rings. The summed E-state index contributed by atoms with van der Waals surface area (Å²) in [4.78, 5) is 14.3. The Balaban J connectivity index is 1.47. The van der Waals surface area contributed by atoms with E-state index in [1.54, 1.807) is 0 Å². The summed E-state index contributed by atoms with van der Waals surface area (Å²) in [6, 6.07) is 12.0. The van der Waals surface area contributed by atoms with E-state index in [2.05, 4.69) is 15.7 Å². The maximum Gasteiger partial charge on any atom is 0.261 e. The van der Waals surface area contributed by atoms with E-state index in [-0.39, 0.29) is 5.91 Å². The number of para-hydroxylation sites is 1. The van der Waals surface area contributed by atoms with Gasteiger partial charge in [-0.2, -0.15) is 5.10 Å². The molecule has 4 rings (SSSR count). The van der Waals surface area contributed by atoms with Crippen LogP contribution in [0.3, 0.4) is 0 Å². The molecule has 0 radical (unpaired) electrons. The van der Waals surface area contributed by atoms with E-state index in [0.717, 1.165) is 52.5 Å². The Bertz CT molecular complexity index is 893. The molecule has 0 aliphatic carbocycles. The van der Waals surface area contributed by atoms with Crippen molar-refractivity contribution >= 4 is 27.5 Å². The van der Waals surface area contributed by atoms with E-state index >= 15 is 0 Å². The van der Waals surface area contributed by atoms with Crippen LogP contribution in [-0.2, 0) is 0 Å². The van der Waals surface area contributed by atoms with Crippen LogP contribution >= 0.6 is 11.3 Å². The highest BCUT2D eigenvalue weighted by molar-refractivity contribution is 7.20. The van der Waals surface area contributed by atoms with Crippen molar-refractivity contribution in [1.29, 1.82) is 0 Å². The number of nitrogens with zero attached hydrogens (tertiary/aromatic N) is 2. The Morgan fingerprint density at radius 1 is 1.38 bits per heavy atom. The smallest absolute Gasteiger partial charge is 0.261 e. The molecule has 1 aromatic carbocycles. The van der Waals surface area contributed by atoms with Crippen molar-refractivity contribution in [3.05, 3.63) is 47.0 Å². The van der Waals surface area contributed by atoms with Gasteiger partial charge in [-0.15, -0.1) is 11.3 Å². The molecule has 1 fully saturated rings. The zero-order valence-electron chi connectivity index (χ0n) is 15.0. The number of aromatic nitrogens is 2. The van der Waals surface area contributed by atoms with Crippen molar-refractivity contribution in [1.82, 2.24) is 20.4 Å². The lowest BCUT2D eigenvalue weighted by Crippen LogP contribution is -2.33. The molecule has 0 spiro atoms. The highest BCUT2D eigenvalue weighted by atomic mass is 32.1. The summed E-state index contributed by atoms with van der Waals surface area (Å²) < 4.78 is 1.93. The minimum atomic E-state index is 0.0222. The molecule has 0 saturated carbocycles. The van der Waals surface area contributed by atoms with Gasteiger partial charge in [-0.1, -0.05) is 18.2 Å². The first-order chi connectivity index (χ1) is 12.7. The quantitative estimate of drug-likeness (QED) is 0.724. The number of carbonyl (C=O) groups is 1. The third kappa shape index (κ3) is 3.52. The molecule has 1 saturated heterocycles. The minimum absolute atomic E-state index is 0.0222. The summed E-state index contributed by atoms with van der Waals surface area (Å²) in [5.74, 6) is 0.703. The number of benzene rings is 1. The fraction of sp³-hybridized carbons (Fsp3) is 0.400. The number of fused-ring (bicyclic) bond motifs is 1. The molecule has 2 N–H and O–H groups in total. The average molecular weight is 369 g/mol. The fourth-order valence-corrected chi connectivity index (χ4v) is 4.65. The van der Waals surface area contributed by atoms with Crippen LogP contribution in [0.15, 0.2) is 36.4 Å². The van der Waals surface area contributed by atoms with Crippen molar-refractivity contribution in [3.8, 4) is 5.69 Å². The van der Waals surface area contributed by atoms with Gasteiger partial charge < -0.3 is 10.6 Å². The average Bonchev–Trinajstić information content (AvgIpc) is 3.24. The van der Waals surface area contributed by atoms with Crippen LogP contribution in [0.25, 0.3) is 15.9 Å². The van der Waals surface area contributed by atoms with E-state index in [4.69, 9.17) is 0 Å². The van der Waals surface area contributed by atoms with E-state index in [0.29, 0.717) is 5.92 Å². The van der Waals surface area contributed by atoms with E-state index in [9.17, 15) is 4.79 Å². The van der Waals surface area contributed by atoms with Crippen LogP contribution in [0.1, 0.15) is 34.6 Å². The molecule has 1 aliphatic heterocycles. The molecule has 136 valence electrons. The topological polar surface area (TPSA) is 59.0 Å². The number of piperidine rings is 1. The number of carbonyl (C=O) groups excluding carboxylic acids is 1. The molecule has 5 nitrogen and oxygen atoms in total. The van der Waals surface area contributed by atoms with Crippen LogP contribution in [-0.4, -0.2) is 35.3 Å². The summed E-state index contributed by atoms with van der Waals surface area (Å²) in [5.41, 5.74) is 1.97. The first kappa shape index (κ1) is 17.2. The number of thiophene rings is 1. The second-order valence-electron chi connectivity index (χ2n) is 6.92. The third-order valence-corrected chi connectivity index (χ3v) is 6.12. The van der Waals surface area contributed by atoms with Gasteiger partial charge in [0.05, 0.1) is 16.3 Å². The van der Waals surface area contributed by atoms with E-state index in [1.165, 1.54) is 24.2 Å². The van der Waals surface area contributed by atoms with Crippen LogP contribution < -0.4 is 10.6 Å². The lowest BCUT2D eigenvalue weighted by atomic mass is 9.96. The van der Waals surface area contributed by atoms with Crippen molar-refractivity contribution in [2.45, 2.75) is 26.2 Å². The number of rotatable bonds is 5. The van der Waals surface area contributed by atoms with E-state index in [1.807, 2.05) is 48.0 Å². The van der Waals surface area contributed by atoms with Gasteiger partial charge in [-0.05, 0) is 63.4 Å². The van der Waals surface area contributed by atoms with E-state index < -0.39 is 0 Å². The summed E-state index contributed by atoms with van der Waals surface area (Å²) in [6.45, 7) is 4.93. The summed E-state index contributed by atoms with van der Waals surface area (Å²) in [5, 5.41) is 12.2. The zero-order valence-corrected chi connectivity index (χ0v) is 15.8. The molecule has 6 heteroatoms. The summed E-state index contributed by atoms with van der Waals surface area (Å²) in [7, 11) is 0. The normalized spacial score (nSPS) is 17.5. The van der Waals surface area contributed by atoms with Crippen molar-refractivity contribution in [3.63, 3.8) is 0 Å². The summed E-state index contributed by atoms with van der Waals surface area (Å²) >= 11 is 1.51. The van der Waals surface area contributed by atoms with Gasteiger partial charge in [0.1, 0.15) is 4.83 Å². The highest BCUT2D eigenvalue weighted by Crippen LogP contribution is 2.30. The zero-order chi connectivity index (χ0) is 17.9. The van der Waals surface area contributed by atoms with Crippen LogP contribution in [0.5, 0.6) is 0 Å². The van der Waals surface area contributed by atoms with Gasteiger partial charge in [-0.25, -0.2) is 4.68 Å². The second kappa shape index (κ2) is 7.60.